The van der Waals surface area contributed by atoms with Crippen LogP contribution in [0.25, 0.3) is 0 Å². The summed E-state index contributed by atoms with van der Waals surface area (Å²) in [6, 6.07) is 0. The second kappa shape index (κ2) is 63.3. The van der Waals surface area contributed by atoms with E-state index in [0.717, 1.165) is 44.9 Å². The van der Waals surface area contributed by atoms with Crippen LogP contribution in [0, 0.1) is 0 Å². The molecular weight excluding hydrogens is 778 g/mol. The van der Waals surface area contributed by atoms with Gasteiger partial charge in [-0.15, -0.1) is 0 Å². The molecule has 0 atom stereocenters. The van der Waals surface area contributed by atoms with Crippen molar-refractivity contribution in [2.75, 3.05) is 0 Å². The van der Waals surface area contributed by atoms with Gasteiger partial charge in [0.05, 0.1) is 0 Å². The summed E-state index contributed by atoms with van der Waals surface area (Å²) >= 11 is 0. The average Bonchev–Trinajstić information content (AvgIpc) is 3.17. The van der Waals surface area contributed by atoms with Crippen molar-refractivity contribution >= 4 is 17.9 Å². The number of carbonyl (C=O) groups excluding carboxylic acids is 3. The first-order valence-electron chi connectivity index (χ1n) is 24.6. The van der Waals surface area contributed by atoms with Gasteiger partial charge in [0.15, 0.2) is 0 Å². The Kier molecular flexibility index (Phi) is 72.8. The molecule has 0 saturated carbocycles. The molecule has 1 radical (unpaired) electrons. The third kappa shape index (κ3) is 76.4. The van der Waals surface area contributed by atoms with Crippen LogP contribution >= 0.6 is 0 Å². The number of hydrogen-bond acceptors (Lipinski definition) is 6. The standard InChI is InChI=1S/C18H36O2.C18H34O2.C14H28O2.Co.Na/c2*1-2-3-4-5-6-7-8-9-10-11-12-13-14-15-16-17-18(19)20;1-2-3-4-5-6-7-8-9-10-11-12-13-14(15)16;;/h2-17H2,1H3,(H,19,20);9-10H,2-8,11-17H2,1H3,(H,19,20);2-13H2,1H3,(H,15,16);;/q;;;+2;+1/p-3. The molecular formula is C50H95CoNaO6. The van der Waals surface area contributed by atoms with Gasteiger partial charge in [0.1, 0.15) is 0 Å². The first-order chi connectivity index (χ1) is 27.3. The molecule has 6 nitrogen and oxygen atoms in total. The van der Waals surface area contributed by atoms with Crippen LogP contribution in [0.4, 0.5) is 0 Å². The molecule has 0 saturated heterocycles. The van der Waals surface area contributed by atoms with E-state index in [1.165, 1.54) is 205 Å². The number of aliphatic carboxylic acids is 3. The first kappa shape index (κ1) is 66.7. The van der Waals surface area contributed by atoms with E-state index in [4.69, 9.17) is 0 Å². The van der Waals surface area contributed by atoms with Crippen molar-refractivity contribution in [1.82, 2.24) is 0 Å². The summed E-state index contributed by atoms with van der Waals surface area (Å²) in [4.78, 5) is 30.6. The Morgan fingerprint density at radius 2 is 0.448 bits per heavy atom. The van der Waals surface area contributed by atoms with Crippen molar-refractivity contribution in [3.63, 3.8) is 0 Å². The van der Waals surface area contributed by atoms with Gasteiger partial charge in [-0.25, -0.2) is 0 Å². The Balaban J connectivity index is -0.000000240. The molecule has 0 amide bonds. The molecule has 8 heteroatoms. The largest absolute Gasteiger partial charge is 2.00 e. The van der Waals surface area contributed by atoms with Gasteiger partial charge in [-0.05, 0) is 64.2 Å². The van der Waals surface area contributed by atoms with Gasteiger partial charge in [0, 0.05) is 17.9 Å². The molecule has 0 aliphatic rings. The van der Waals surface area contributed by atoms with Crippen LogP contribution in [-0.4, -0.2) is 17.9 Å². The molecule has 0 aliphatic carbocycles. The number of allylic oxidation sites excluding steroid dienone is 2. The third-order valence-electron chi connectivity index (χ3n) is 10.6. The fourth-order valence-electron chi connectivity index (χ4n) is 6.91. The van der Waals surface area contributed by atoms with Gasteiger partial charge in [-0.1, -0.05) is 238 Å². The van der Waals surface area contributed by atoms with Crippen LogP contribution < -0.4 is 44.9 Å². The van der Waals surface area contributed by atoms with Crippen LogP contribution in [-0.2, 0) is 31.2 Å². The maximum atomic E-state index is 10.2. The summed E-state index contributed by atoms with van der Waals surface area (Å²) in [6.07, 6.45) is 54.8. The number of unbranched alkanes of at least 4 members (excludes halogenated alkanes) is 35. The fraction of sp³-hybridized carbons (Fsp3) is 0.900. The minimum atomic E-state index is -0.914. The first-order valence-corrected chi connectivity index (χ1v) is 24.6. The summed E-state index contributed by atoms with van der Waals surface area (Å²) in [7, 11) is 0. The Morgan fingerprint density at radius 1 is 0.293 bits per heavy atom. The number of rotatable bonds is 43. The molecule has 0 aromatic heterocycles. The molecule has 0 aliphatic heterocycles. The summed E-state index contributed by atoms with van der Waals surface area (Å²) in [5, 5.41) is 30.6. The number of hydrogen-bond donors (Lipinski definition) is 0. The zero-order chi connectivity index (χ0) is 41.8. The van der Waals surface area contributed by atoms with E-state index >= 15 is 0 Å². The topological polar surface area (TPSA) is 120 Å². The zero-order valence-electron chi connectivity index (χ0n) is 39.1. The van der Waals surface area contributed by atoms with Crippen molar-refractivity contribution in [1.29, 1.82) is 0 Å². The quantitative estimate of drug-likeness (QED) is 0.0342. The van der Waals surface area contributed by atoms with Gasteiger partial charge in [0.2, 0.25) is 0 Å². The molecule has 0 unspecified atom stereocenters. The smallest absolute Gasteiger partial charge is 0.550 e. The molecule has 0 N–H and O–H groups in total. The van der Waals surface area contributed by atoms with Crippen LogP contribution in [0.3, 0.4) is 0 Å². The Hall–Kier alpha value is -0.344. The van der Waals surface area contributed by atoms with E-state index in [2.05, 4.69) is 32.9 Å². The molecule has 0 aromatic rings. The molecule has 0 heterocycles. The second-order valence-electron chi connectivity index (χ2n) is 16.4. The van der Waals surface area contributed by atoms with Gasteiger partial charge >= 0.3 is 46.3 Å². The molecule has 0 spiro atoms. The number of carboxylic acids is 3. The summed E-state index contributed by atoms with van der Waals surface area (Å²) < 4.78 is 0. The van der Waals surface area contributed by atoms with E-state index in [1.807, 2.05) is 0 Å². The van der Waals surface area contributed by atoms with E-state index in [-0.39, 0.29) is 65.6 Å². The number of carboxylic acid groups (broad SMARTS) is 3. The van der Waals surface area contributed by atoms with Crippen molar-refractivity contribution in [2.24, 2.45) is 0 Å². The summed E-state index contributed by atoms with van der Waals surface area (Å²) in [5.41, 5.74) is 0. The molecule has 58 heavy (non-hydrogen) atoms. The van der Waals surface area contributed by atoms with Gasteiger partial charge < -0.3 is 29.7 Å². The van der Waals surface area contributed by atoms with E-state index in [0.29, 0.717) is 0 Å². The number of carbonyl (C=O) groups is 3. The second-order valence-corrected chi connectivity index (χ2v) is 16.4. The fourth-order valence-corrected chi connectivity index (χ4v) is 6.91. The van der Waals surface area contributed by atoms with E-state index in [1.54, 1.807) is 0 Å². The SMILES string of the molecule is CCCCCCCCC=CCCCCCCCC(=O)[O-].CCCCCCCCCCCCCC(=O)[O-].CCCCCCCCCCCCCCCCCC(=O)[O-].[Co+2].[Na+]. The summed E-state index contributed by atoms with van der Waals surface area (Å²) in [5.74, 6) is -2.72. The monoisotopic (exact) mass is 874 g/mol. The van der Waals surface area contributed by atoms with Crippen molar-refractivity contribution < 1.29 is 76.0 Å². The van der Waals surface area contributed by atoms with Crippen molar-refractivity contribution in [3.05, 3.63) is 12.2 Å². The molecule has 0 aromatic carbocycles. The van der Waals surface area contributed by atoms with Gasteiger partial charge in [-0.2, -0.15) is 0 Å². The molecule has 0 fully saturated rings. The third-order valence-corrected chi connectivity index (χ3v) is 10.6. The van der Waals surface area contributed by atoms with Crippen molar-refractivity contribution in [3.8, 4) is 0 Å². The van der Waals surface area contributed by atoms with E-state index in [9.17, 15) is 29.7 Å². The van der Waals surface area contributed by atoms with E-state index < -0.39 is 17.9 Å². The maximum Gasteiger partial charge on any atom is 2.00 e. The van der Waals surface area contributed by atoms with Crippen molar-refractivity contribution in [2.45, 2.75) is 290 Å². The maximum absolute atomic E-state index is 10.2. The minimum absolute atomic E-state index is 0. The molecule has 0 rings (SSSR count). The predicted octanol–water partition coefficient (Wildman–Crippen LogP) is 10.2. The summed E-state index contributed by atoms with van der Waals surface area (Å²) in [6.45, 7) is 6.77. The molecule has 341 valence electrons. The van der Waals surface area contributed by atoms with Crippen LogP contribution in [0.15, 0.2) is 12.2 Å². The zero-order valence-corrected chi connectivity index (χ0v) is 42.2. The average molecular weight is 874 g/mol. The van der Waals surface area contributed by atoms with Crippen LogP contribution in [0.2, 0.25) is 0 Å². The van der Waals surface area contributed by atoms with Gasteiger partial charge in [-0.3, -0.25) is 0 Å². The Labute approximate surface area is 394 Å². The molecule has 0 bridgehead atoms. The van der Waals surface area contributed by atoms with Crippen LogP contribution in [0.1, 0.15) is 290 Å². The minimum Gasteiger partial charge on any atom is -0.550 e. The Bertz CT molecular complexity index is 809. The predicted molar refractivity (Wildman–Crippen MR) is 235 cm³/mol. The van der Waals surface area contributed by atoms with Gasteiger partial charge in [0.25, 0.3) is 0 Å². The normalized spacial score (nSPS) is 10.5. The Morgan fingerprint density at radius 3 is 0.621 bits per heavy atom. The van der Waals surface area contributed by atoms with Crippen LogP contribution in [0.5, 0.6) is 0 Å².